The Hall–Kier alpha value is -2.20. The van der Waals surface area contributed by atoms with Gasteiger partial charge in [-0.25, -0.2) is 0 Å². The maximum atomic E-state index is 5.92. The zero-order valence-corrected chi connectivity index (χ0v) is 21.3. The van der Waals surface area contributed by atoms with Gasteiger partial charge in [-0.3, -0.25) is 4.99 Å². The van der Waals surface area contributed by atoms with Crippen LogP contribution in [-0.4, -0.2) is 47.0 Å². The lowest BCUT2D eigenvalue weighted by atomic mass is 10.1. The van der Waals surface area contributed by atoms with Gasteiger partial charge >= 0.3 is 0 Å². The van der Waals surface area contributed by atoms with Crippen molar-refractivity contribution >= 4 is 29.9 Å². The predicted octanol–water partition coefficient (Wildman–Crippen LogP) is 3.91. The zero-order valence-electron chi connectivity index (χ0n) is 19.0. The Balaban J connectivity index is 0.00000480. The molecule has 7 nitrogen and oxygen atoms in total. The van der Waals surface area contributed by atoms with Crippen molar-refractivity contribution in [2.75, 3.05) is 41.1 Å². The summed E-state index contributed by atoms with van der Waals surface area (Å²) in [5.41, 5.74) is 3.19. The third-order valence-corrected chi connectivity index (χ3v) is 4.51. The normalized spacial score (nSPS) is 10.8. The molecule has 31 heavy (non-hydrogen) atoms. The highest BCUT2D eigenvalue weighted by Gasteiger charge is 2.10. The lowest BCUT2D eigenvalue weighted by Gasteiger charge is -2.17. The van der Waals surface area contributed by atoms with Gasteiger partial charge in [0.2, 0.25) is 0 Å². The van der Waals surface area contributed by atoms with Gasteiger partial charge in [-0.2, -0.15) is 0 Å². The molecule has 0 radical (unpaired) electrons. The molecule has 2 N–H and O–H groups in total. The molecule has 0 aliphatic carbocycles. The van der Waals surface area contributed by atoms with Crippen molar-refractivity contribution in [2.45, 2.75) is 26.9 Å². The summed E-state index contributed by atoms with van der Waals surface area (Å²) in [5.74, 6) is 2.95. The molecule has 2 aromatic rings. The summed E-state index contributed by atoms with van der Waals surface area (Å²) >= 11 is 0. The van der Waals surface area contributed by atoms with E-state index in [-0.39, 0.29) is 24.0 Å². The first-order valence-corrected chi connectivity index (χ1v) is 10.1. The van der Waals surface area contributed by atoms with E-state index >= 15 is 0 Å². The molecule has 0 fully saturated rings. The fourth-order valence-electron chi connectivity index (χ4n) is 2.97. The first-order valence-electron chi connectivity index (χ1n) is 10.1. The molecule has 0 saturated carbocycles. The summed E-state index contributed by atoms with van der Waals surface area (Å²) in [5, 5.41) is 6.65. The highest BCUT2D eigenvalue weighted by atomic mass is 127. The number of ether oxygens (including phenoxy) is 4. The van der Waals surface area contributed by atoms with Crippen molar-refractivity contribution in [3.05, 3.63) is 53.1 Å². The van der Waals surface area contributed by atoms with Crippen molar-refractivity contribution in [2.24, 2.45) is 4.99 Å². The quantitative estimate of drug-likeness (QED) is 0.194. The van der Waals surface area contributed by atoms with Gasteiger partial charge in [0.15, 0.2) is 17.5 Å². The largest absolute Gasteiger partial charge is 0.493 e. The lowest BCUT2D eigenvalue weighted by Crippen LogP contribution is -2.36. The molecule has 2 aromatic carbocycles. The number of hydrogen-bond acceptors (Lipinski definition) is 5. The van der Waals surface area contributed by atoms with Gasteiger partial charge in [0, 0.05) is 37.9 Å². The number of methoxy groups -OCH3 is 2. The molecule has 0 bridgehead atoms. The number of benzene rings is 2. The van der Waals surface area contributed by atoms with Gasteiger partial charge < -0.3 is 29.6 Å². The molecule has 0 unspecified atom stereocenters. The fourth-order valence-corrected chi connectivity index (χ4v) is 2.97. The van der Waals surface area contributed by atoms with Gasteiger partial charge in [0.1, 0.15) is 12.4 Å². The number of guanidine groups is 1. The summed E-state index contributed by atoms with van der Waals surface area (Å²) in [6, 6.07) is 12.0. The molecule has 0 atom stereocenters. The molecular weight excluding hydrogens is 509 g/mol. The molecule has 0 saturated heterocycles. The smallest absolute Gasteiger partial charge is 0.191 e. The Kier molecular flexibility index (Phi) is 12.8. The molecule has 0 aliphatic heterocycles. The monoisotopic (exact) mass is 543 g/mol. The lowest BCUT2D eigenvalue weighted by molar-refractivity contribution is 0.110. The van der Waals surface area contributed by atoms with Gasteiger partial charge in [-0.1, -0.05) is 24.3 Å². The van der Waals surface area contributed by atoms with E-state index < -0.39 is 0 Å². The number of halogens is 1. The van der Waals surface area contributed by atoms with Crippen LogP contribution in [0, 0.1) is 6.92 Å². The summed E-state index contributed by atoms with van der Waals surface area (Å²) in [6.07, 6.45) is 0. The minimum atomic E-state index is 0. The van der Waals surface area contributed by atoms with Crippen LogP contribution < -0.4 is 24.8 Å². The minimum absolute atomic E-state index is 0. The van der Waals surface area contributed by atoms with Crippen molar-refractivity contribution in [1.82, 2.24) is 10.6 Å². The Morgan fingerprint density at radius 1 is 0.935 bits per heavy atom. The second-order valence-electron chi connectivity index (χ2n) is 6.59. The van der Waals surface area contributed by atoms with Crippen molar-refractivity contribution in [3.63, 3.8) is 0 Å². The highest BCUT2D eigenvalue weighted by molar-refractivity contribution is 14.0. The van der Waals surface area contributed by atoms with E-state index in [2.05, 4.69) is 34.7 Å². The number of para-hydroxylation sites is 1. The number of nitrogens with one attached hydrogen (secondary N) is 2. The second-order valence-corrected chi connectivity index (χ2v) is 6.59. The standard InChI is InChI=1S/C23H33N3O4.HI/c1-6-29-12-13-30-21-14-17(2)10-11-18(21)15-25-23(24-3)26-16-19-8-7-9-20(27-4)22(19)28-5;/h7-11,14H,6,12-13,15-16H2,1-5H3,(H2,24,25,26);1H. The van der Waals surface area contributed by atoms with E-state index in [0.717, 1.165) is 22.4 Å². The van der Waals surface area contributed by atoms with Crippen LogP contribution in [0.2, 0.25) is 0 Å². The van der Waals surface area contributed by atoms with E-state index in [1.165, 1.54) is 0 Å². The van der Waals surface area contributed by atoms with Gasteiger partial charge in [-0.15, -0.1) is 24.0 Å². The van der Waals surface area contributed by atoms with Gasteiger partial charge in [0.25, 0.3) is 0 Å². The molecule has 0 heterocycles. The SMILES string of the molecule is CCOCCOc1cc(C)ccc1CNC(=NC)NCc1cccc(OC)c1OC.I. The maximum absolute atomic E-state index is 5.92. The van der Waals surface area contributed by atoms with E-state index in [4.69, 9.17) is 18.9 Å². The molecule has 0 aliphatic rings. The Bertz CT molecular complexity index is 830. The summed E-state index contributed by atoms with van der Waals surface area (Å²) in [7, 11) is 5.01. The van der Waals surface area contributed by atoms with E-state index in [1.807, 2.05) is 31.2 Å². The number of hydrogen-bond donors (Lipinski definition) is 2. The third-order valence-electron chi connectivity index (χ3n) is 4.51. The van der Waals surface area contributed by atoms with Crippen LogP contribution in [0.1, 0.15) is 23.6 Å². The second kappa shape index (κ2) is 14.7. The van der Waals surface area contributed by atoms with Crippen molar-refractivity contribution in [3.8, 4) is 17.2 Å². The molecule has 0 spiro atoms. The van der Waals surface area contributed by atoms with Gasteiger partial charge in [-0.05, 0) is 31.5 Å². The summed E-state index contributed by atoms with van der Waals surface area (Å²) in [6.45, 7) is 6.93. The van der Waals surface area contributed by atoms with Crippen LogP contribution in [0.3, 0.4) is 0 Å². The third kappa shape index (κ3) is 8.45. The van der Waals surface area contributed by atoms with E-state index in [0.29, 0.717) is 50.4 Å². The Morgan fingerprint density at radius 2 is 1.68 bits per heavy atom. The number of aryl methyl sites for hydroxylation is 1. The van der Waals surface area contributed by atoms with Crippen LogP contribution in [0.25, 0.3) is 0 Å². The molecule has 2 rings (SSSR count). The Labute approximate surface area is 202 Å². The molecule has 8 heteroatoms. The van der Waals surface area contributed by atoms with E-state index in [1.54, 1.807) is 21.3 Å². The van der Waals surface area contributed by atoms with E-state index in [9.17, 15) is 0 Å². The predicted molar refractivity (Wildman–Crippen MR) is 135 cm³/mol. The fraction of sp³-hybridized carbons (Fsp3) is 0.435. The van der Waals surface area contributed by atoms with Crippen LogP contribution >= 0.6 is 24.0 Å². The zero-order chi connectivity index (χ0) is 21.8. The average molecular weight is 543 g/mol. The highest BCUT2D eigenvalue weighted by Crippen LogP contribution is 2.30. The first kappa shape index (κ1) is 26.8. The van der Waals surface area contributed by atoms with Gasteiger partial charge in [0.05, 0.1) is 20.8 Å². The summed E-state index contributed by atoms with van der Waals surface area (Å²) < 4.78 is 22.1. The Morgan fingerprint density at radius 3 is 2.32 bits per heavy atom. The topological polar surface area (TPSA) is 73.3 Å². The number of nitrogens with zero attached hydrogens (tertiary/aromatic N) is 1. The average Bonchev–Trinajstić information content (AvgIpc) is 2.77. The molecular formula is C23H34IN3O4. The number of rotatable bonds is 11. The molecule has 0 aromatic heterocycles. The molecule has 172 valence electrons. The molecule has 0 amide bonds. The van der Waals surface area contributed by atoms with Crippen LogP contribution in [0.15, 0.2) is 41.4 Å². The van der Waals surface area contributed by atoms with Crippen molar-refractivity contribution in [1.29, 1.82) is 0 Å². The van der Waals surface area contributed by atoms with Crippen molar-refractivity contribution < 1.29 is 18.9 Å². The number of aliphatic imine (C=N–C) groups is 1. The van der Waals surface area contributed by atoms with Crippen LogP contribution in [-0.2, 0) is 17.8 Å². The maximum Gasteiger partial charge on any atom is 0.191 e. The summed E-state index contributed by atoms with van der Waals surface area (Å²) in [4.78, 5) is 4.31. The van der Waals surface area contributed by atoms with Crippen LogP contribution in [0.4, 0.5) is 0 Å². The minimum Gasteiger partial charge on any atom is -0.493 e. The van der Waals surface area contributed by atoms with Crippen LogP contribution in [0.5, 0.6) is 17.2 Å². The first-order chi connectivity index (χ1) is 14.6.